The monoisotopic (exact) mass is 258 g/mol. The molecule has 0 radical (unpaired) electrons. The van der Waals surface area contributed by atoms with Crippen LogP contribution in [0.4, 0.5) is 0 Å². The summed E-state index contributed by atoms with van der Waals surface area (Å²) in [6, 6.07) is 6.44. The molecule has 54 valence electrons. The predicted molar refractivity (Wildman–Crippen MR) is 41.1 cm³/mol. The molecule has 0 aliphatic rings. The van der Waals surface area contributed by atoms with E-state index < -0.39 is 10.7 Å². The largest absolute Gasteiger partial charge is 1.00 e. The number of benzene rings is 1. The summed E-state index contributed by atoms with van der Waals surface area (Å²) in [6.07, 6.45) is 0. The van der Waals surface area contributed by atoms with E-state index in [1.54, 1.807) is 12.1 Å². The van der Waals surface area contributed by atoms with Crippen LogP contribution in [-0.4, -0.2) is 0 Å². The zero-order valence-corrected chi connectivity index (χ0v) is 11.4. The second-order valence-corrected chi connectivity index (χ2v) is 3.55. The third-order valence-corrected chi connectivity index (χ3v) is 2.19. The van der Waals surface area contributed by atoms with Gasteiger partial charge in [-0.3, -0.25) is 0 Å². The number of hydrogen-bond acceptors (Lipinski definition) is 3. The SMILES string of the molecule is O=[S-](=O)c1ccc(Br)cc1.[K+]. The van der Waals surface area contributed by atoms with Crippen molar-refractivity contribution in [1.29, 1.82) is 0 Å². The normalized spacial score (nSPS) is 9.27. The quantitative estimate of drug-likeness (QED) is 0.485. The van der Waals surface area contributed by atoms with Gasteiger partial charge in [0.05, 0.1) is 0 Å². The van der Waals surface area contributed by atoms with Crippen LogP contribution in [0.1, 0.15) is 0 Å². The second kappa shape index (κ2) is 5.85. The van der Waals surface area contributed by atoms with Crippen molar-refractivity contribution in [2.45, 2.75) is 4.90 Å². The van der Waals surface area contributed by atoms with Crippen LogP contribution in [0, 0.1) is 0 Å². The topological polar surface area (TPSA) is 34.1 Å². The van der Waals surface area contributed by atoms with Crippen molar-refractivity contribution in [2.75, 3.05) is 0 Å². The first kappa shape index (κ1) is 12.3. The van der Waals surface area contributed by atoms with Gasteiger partial charge in [-0.25, -0.2) is 0 Å². The van der Waals surface area contributed by atoms with Crippen molar-refractivity contribution in [1.82, 2.24) is 0 Å². The minimum atomic E-state index is -2.11. The van der Waals surface area contributed by atoms with Crippen molar-refractivity contribution in [3.05, 3.63) is 28.7 Å². The molecule has 0 unspecified atom stereocenters. The molecule has 1 aromatic rings. The Morgan fingerprint density at radius 3 is 1.91 bits per heavy atom. The van der Waals surface area contributed by atoms with Gasteiger partial charge in [0.1, 0.15) is 0 Å². The maximum absolute atomic E-state index is 10.3. The summed E-state index contributed by atoms with van der Waals surface area (Å²) in [7, 11) is -2.11. The summed E-state index contributed by atoms with van der Waals surface area (Å²) in [5.74, 6) is 0. The summed E-state index contributed by atoms with van der Waals surface area (Å²) >= 11 is 3.19. The van der Waals surface area contributed by atoms with Crippen molar-refractivity contribution in [3.63, 3.8) is 0 Å². The Bertz CT molecular complexity index is 286. The molecule has 2 nitrogen and oxygen atoms in total. The zero-order chi connectivity index (χ0) is 7.56. The molecule has 1 aromatic carbocycles. The molecule has 11 heavy (non-hydrogen) atoms. The molecule has 0 aliphatic heterocycles. The average Bonchev–Trinajstić information content (AvgIpc) is 1.88. The first-order valence-electron chi connectivity index (χ1n) is 2.55. The Balaban J connectivity index is 0.000001000. The van der Waals surface area contributed by atoms with Crippen molar-refractivity contribution >= 4 is 26.6 Å². The smallest absolute Gasteiger partial charge is 0.420 e. The van der Waals surface area contributed by atoms with Gasteiger partial charge >= 0.3 is 51.4 Å². The summed E-state index contributed by atoms with van der Waals surface area (Å²) < 4.78 is 21.5. The Morgan fingerprint density at radius 2 is 1.55 bits per heavy atom. The second-order valence-electron chi connectivity index (χ2n) is 1.69. The summed E-state index contributed by atoms with van der Waals surface area (Å²) in [5, 5.41) is 0. The van der Waals surface area contributed by atoms with Gasteiger partial charge in [0.25, 0.3) is 0 Å². The van der Waals surface area contributed by atoms with E-state index in [0.717, 1.165) is 4.47 Å². The predicted octanol–water partition coefficient (Wildman–Crippen LogP) is -0.879. The molecule has 0 N–H and O–H groups in total. The molecule has 0 bridgehead atoms. The van der Waals surface area contributed by atoms with Gasteiger partial charge in [0.2, 0.25) is 0 Å². The minimum Gasteiger partial charge on any atom is -0.420 e. The third-order valence-electron chi connectivity index (χ3n) is 1.01. The fourth-order valence-electron chi connectivity index (χ4n) is 0.546. The van der Waals surface area contributed by atoms with Crippen molar-refractivity contribution in [3.8, 4) is 0 Å². The molecule has 1 rings (SSSR count). The molecular weight excluding hydrogens is 255 g/mol. The van der Waals surface area contributed by atoms with E-state index in [0.29, 0.717) is 4.90 Å². The Kier molecular flexibility index (Phi) is 6.54. The molecule has 0 atom stereocenters. The molecule has 0 aliphatic carbocycles. The fourth-order valence-corrected chi connectivity index (χ4v) is 1.17. The molecule has 0 fully saturated rings. The van der Waals surface area contributed by atoms with E-state index in [4.69, 9.17) is 0 Å². The van der Waals surface area contributed by atoms with Gasteiger partial charge < -0.3 is 8.42 Å². The maximum atomic E-state index is 10.3. The van der Waals surface area contributed by atoms with Gasteiger partial charge in [0, 0.05) is 4.47 Å². The van der Waals surface area contributed by atoms with Gasteiger partial charge in [-0.2, -0.15) is 0 Å². The zero-order valence-electron chi connectivity index (χ0n) is 5.91. The standard InChI is InChI=1S/C6H4BrO2S.K/c7-5-1-3-6(4-2-5)10(8)9;/h1-4H;/q-1;+1. The van der Waals surface area contributed by atoms with Gasteiger partial charge in [0.15, 0.2) is 0 Å². The van der Waals surface area contributed by atoms with Gasteiger partial charge in [-0.05, 0) is 22.8 Å². The Morgan fingerprint density at radius 1 is 1.09 bits per heavy atom. The third kappa shape index (κ3) is 4.17. The summed E-state index contributed by atoms with van der Waals surface area (Å²) in [4.78, 5) is 0.309. The van der Waals surface area contributed by atoms with Crippen LogP contribution < -0.4 is 51.4 Å². The Labute approximate surface area is 118 Å². The van der Waals surface area contributed by atoms with Crippen LogP contribution in [0.5, 0.6) is 0 Å². The maximum Gasteiger partial charge on any atom is 1.00 e. The first-order chi connectivity index (χ1) is 4.70. The number of halogens is 1. The molecule has 5 heteroatoms. The van der Waals surface area contributed by atoms with E-state index in [1.165, 1.54) is 12.1 Å². The molecule has 0 amide bonds. The fraction of sp³-hybridized carbons (Fsp3) is 0. The van der Waals surface area contributed by atoms with Crippen LogP contribution in [0.3, 0.4) is 0 Å². The van der Waals surface area contributed by atoms with Gasteiger partial charge in [-0.15, -0.1) is 0 Å². The Hall–Kier alpha value is 1.29. The molecule has 0 saturated carbocycles. The molecule has 0 spiro atoms. The van der Waals surface area contributed by atoms with E-state index in [1.807, 2.05) is 0 Å². The number of rotatable bonds is 1. The van der Waals surface area contributed by atoms with Crippen LogP contribution in [0.2, 0.25) is 0 Å². The van der Waals surface area contributed by atoms with Crippen molar-refractivity contribution < 1.29 is 59.8 Å². The number of hydrogen-bond donors (Lipinski definition) is 0. The van der Waals surface area contributed by atoms with Crippen LogP contribution >= 0.6 is 15.9 Å². The minimum absolute atomic E-state index is 0. The van der Waals surface area contributed by atoms with Crippen molar-refractivity contribution in [2.24, 2.45) is 0 Å². The van der Waals surface area contributed by atoms with E-state index in [-0.39, 0.29) is 51.4 Å². The molecular formula is C6H4BrKO2S. The van der Waals surface area contributed by atoms with E-state index in [2.05, 4.69) is 15.9 Å². The van der Waals surface area contributed by atoms with E-state index >= 15 is 0 Å². The molecule has 0 saturated heterocycles. The van der Waals surface area contributed by atoms with Crippen LogP contribution in [0.25, 0.3) is 0 Å². The van der Waals surface area contributed by atoms with Crippen LogP contribution in [0.15, 0.2) is 33.6 Å². The van der Waals surface area contributed by atoms with Crippen LogP contribution in [-0.2, 0) is 19.1 Å². The summed E-state index contributed by atoms with van der Waals surface area (Å²) in [5.41, 5.74) is 0. The average molecular weight is 259 g/mol. The summed E-state index contributed by atoms with van der Waals surface area (Å²) in [6.45, 7) is 0. The molecule has 0 heterocycles. The first-order valence-corrected chi connectivity index (χ1v) is 4.42. The van der Waals surface area contributed by atoms with Gasteiger partial charge in [-0.1, -0.05) is 33.0 Å². The molecule has 0 aromatic heterocycles. The van der Waals surface area contributed by atoms with E-state index in [9.17, 15) is 8.42 Å².